The number of aryl methyl sites for hydroxylation is 2. The van der Waals surface area contributed by atoms with Crippen molar-refractivity contribution in [2.45, 2.75) is 26.9 Å². The number of rotatable bonds is 6. The lowest BCUT2D eigenvalue weighted by Crippen LogP contribution is -2.13. The lowest BCUT2D eigenvalue weighted by Gasteiger charge is -2.07. The Kier molecular flexibility index (Phi) is 5.86. The predicted octanol–water partition coefficient (Wildman–Crippen LogP) is 4.84. The third-order valence-electron chi connectivity index (χ3n) is 4.88. The first-order valence-electron chi connectivity index (χ1n) is 9.76. The number of carbonyl (C=O) groups is 1. The molecule has 0 fully saturated rings. The van der Waals surface area contributed by atoms with Crippen LogP contribution in [0.25, 0.3) is 0 Å². The van der Waals surface area contributed by atoms with E-state index in [9.17, 15) is 9.18 Å². The van der Waals surface area contributed by atoms with Crippen molar-refractivity contribution in [3.05, 3.63) is 99.7 Å². The van der Waals surface area contributed by atoms with Crippen molar-refractivity contribution in [1.82, 2.24) is 19.6 Å². The third kappa shape index (κ3) is 5.00. The molecule has 8 heteroatoms. The Morgan fingerprint density at radius 3 is 2.48 bits per heavy atom. The first kappa shape index (κ1) is 20.8. The van der Waals surface area contributed by atoms with Crippen molar-refractivity contribution in [3.8, 4) is 0 Å². The van der Waals surface area contributed by atoms with Gasteiger partial charge in [-0.05, 0) is 55.3 Å². The summed E-state index contributed by atoms with van der Waals surface area (Å²) in [6, 6.07) is 15.4. The fourth-order valence-electron chi connectivity index (χ4n) is 3.30. The van der Waals surface area contributed by atoms with Crippen LogP contribution in [-0.2, 0) is 13.1 Å². The molecule has 0 aliphatic rings. The molecule has 0 saturated heterocycles. The zero-order valence-corrected chi connectivity index (χ0v) is 17.9. The van der Waals surface area contributed by atoms with Crippen molar-refractivity contribution < 1.29 is 9.18 Å². The highest BCUT2D eigenvalue weighted by Gasteiger charge is 2.10. The minimum absolute atomic E-state index is 0.247. The van der Waals surface area contributed by atoms with E-state index in [2.05, 4.69) is 15.5 Å². The van der Waals surface area contributed by atoms with Crippen molar-refractivity contribution in [3.63, 3.8) is 0 Å². The highest BCUT2D eigenvalue weighted by molar-refractivity contribution is 6.31. The Hall–Kier alpha value is -3.45. The van der Waals surface area contributed by atoms with E-state index in [4.69, 9.17) is 11.6 Å². The first-order valence-corrected chi connectivity index (χ1v) is 10.1. The predicted molar refractivity (Wildman–Crippen MR) is 118 cm³/mol. The van der Waals surface area contributed by atoms with Gasteiger partial charge in [-0.2, -0.15) is 10.2 Å². The van der Waals surface area contributed by atoms with Crippen LogP contribution in [0.15, 0.2) is 60.8 Å². The molecule has 0 aliphatic heterocycles. The van der Waals surface area contributed by atoms with E-state index in [1.165, 1.54) is 12.1 Å². The number of nitrogens with zero attached hydrogens (tertiary/aromatic N) is 4. The standard InChI is InChI=1S/C23H21ClFN5O/c1-15-11-16(2)30(27-15)13-17-3-5-18(6-4-17)23(31)26-22-9-10-29(28-22)14-19-7-8-20(25)12-21(19)24/h3-12H,13-14H2,1-2H3,(H,26,28,31). The third-order valence-corrected chi connectivity index (χ3v) is 5.23. The normalized spacial score (nSPS) is 11.0. The summed E-state index contributed by atoms with van der Waals surface area (Å²) >= 11 is 6.07. The summed E-state index contributed by atoms with van der Waals surface area (Å²) in [4.78, 5) is 12.6. The van der Waals surface area contributed by atoms with Crippen LogP contribution in [0, 0.1) is 19.7 Å². The van der Waals surface area contributed by atoms with E-state index in [0.717, 1.165) is 22.5 Å². The minimum Gasteiger partial charge on any atom is -0.305 e. The molecular formula is C23H21ClFN5O. The lowest BCUT2D eigenvalue weighted by molar-refractivity contribution is 0.102. The second-order valence-electron chi connectivity index (χ2n) is 7.37. The molecule has 0 spiro atoms. The number of benzene rings is 2. The minimum atomic E-state index is -0.386. The molecule has 158 valence electrons. The molecule has 2 aromatic heterocycles. The van der Waals surface area contributed by atoms with E-state index in [-0.39, 0.29) is 11.7 Å². The summed E-state index contributed by atoms with van der Waals surface area (Å²) in [5.41, 5.74) is 4.41. The number of hydrogen-bond acceptors (Lipinski definition) is 3. The van der Waals surface area contributed by atoms with Gasteiger partial charge in [0.1, 0.15) is 5.82 Å². The number of hydrogen-bond donors (Lipinski definition) is 1. The SMILES string of the molecule is Cc1cc(C)n(Cc2ccc(C(=O)Nc3ccn(Cc4ccc(F)cc4Cl)n3)cc2)n1. The molecule has 0 aliphatic carbocycles. The number of aromatic nitrogens is 4. The zero-order chi connectivity index (χ0) is 22.0. The van der Waals surface area contributed by atoms with Gasteiger partial charge >= 0.3 is 0 Å². The van der Waals surface area contributed by atoms with Gasteiger partial charge in [0.2, 0.25) is 0 Å². The number of nitrogens with one attached hydrogen (secondary N) is 1. The average Bonchev–Trinajstić information content (AvgIpc) is 3.29. The second kappa shape index (κ2) is 8.73. The first-order chi connectivity index (χ1) is 14.9. The fourth-order valence-corrected chi connectivity index (χ4v) is 3.53. The van der Waals surface area contributed by atoms with E-state index < -0.39 is 0 Å². The Balaban J connectivity index is 1.38. The van der Waals surface area contributed by atoms with Crippen molar-refractivity contribution >= 4 is 23.3 Å². The van der Waals surface area contributed by atoms with Crippen LogP contribution in [0.2, 0.25) is 5.02 Å². The second-order valence-corrected chi connectivity index (χ2v) is 7.78. The van der Waals surface area contributed by atoms with Crippen LogP contribution in [0.3, 0.4) is 0 Å². The van der Waals surface area contributed by atoms with Gasteiger partial charge in [0, 0.05) is 28.5 Å². The van der Waals surface area contributed by atoms with Crippen LogP contribution < -0.4 is 5.32 Å². The van der Waals surface area contributed by atoms with Gasteiger partial charge in [0.15, 0.2) is 5.82 Å². The quantitative estimate of drug-likeness (QED) is 0.469. The summed E-state index contributed by atoms with van der Waals surface area (Å²) < 4.78 is 16.8. The van der Waals surface area contributed by atoms with Crippen LogP contribution in [0.4, 0.5) is 10.2 Å². The van der Waals surface area contributed by atoms with E-state index in [1.807, 2.05) is 36.7 Å². The molecular weight excluding hydrogens is 417 g/mol. The van der Waals surface area contributed by atoms with Gasteiger partial charge in [-0.1, -0.05) is 29.8 Å². The summed E-state index contributed by atoms with van der Waals surface area (Å²) in [7, 11) is 0. The average molecular weight is 438 g/mol. The molecule has 0 unspecified atom stereocenters. The smallest absolute Gasteiger partial charge is 0.256 e. The topological polar surface area (TPSA) is 64.7 Å². The highest BCUT2D eigenvalue weighted by Crippen LogP contribution is 2.19. The zero-order valence-electron chi connectivity index (χ0n) is 17.1. The highest BCUT2D eigenvalue weighted by atomic mass is 35.5. The number of halogens is 2. The van der Waals surface area contributed by atoms with E-state index >= 15 is 0 Å². The summed E-state index contributed by atoms with van der Waals surface area (Å²) in [6.07, 6.45) is 1.73. The molecule has 0 bridgehead atoms. The monoisotopic (exact) mass is 437 g/mol. The van der Waals surface area contributed by atoms with Gasteiger partial charge in [0.05, 0.1) is 18.8 Å². The molecule has 2 heterocycles. The summed E-state index contributed by atoms with van der Waals surface area (Å²) in [6.45, 7) is 5.01. The van der Waals surface area contributed by atoms with Crippen molar-refractivity contribution in [2.24, 2.45) is 0 Å². The Morgan fingerprint density at radius 1 is 1.03 bits per heavy atom. The van der Waals surface area contributed by atoms with Gasteiger partial charge in [-0.3, -0.25) is 14.2 Å². The lowest BCUT2D eigenvalue weighted by atomic mass is 10.1. The molecule has 4 aromatic rings. The summed E-state index contributed by atoms with van der Waals surface area (Å²) in [5.74, 6) is -0.208. The molecule has 31 heavy (non-hydrogen) atoms. The molecule has 1 amide bonds. The maximum atomic E-state index is 13.2. The largest absolute Gasteiger partial charge is 0.305 e. The number of anilines is 1. The number of carbonyl (C=O) groups excluding carboxylic acids is 1. The maximum Gasteiger partial charge on any atom is 0.256 e. The maximum absolute atomic E-state index is 13.2. The van der Waals surface area contributed by atoms with Crippen LogP contribution in [0.1, 0.15) is 32.9 Å². The van der Waals surface area contributed by atoms with Gasteiger partial charge in [-0.15, -0.1) is 0 Å². The van der Waals surface area contributed by atoms with Crippen molar-refractivity contribution in [1.29, 1.82) is 0 Å². The summed E-state index contributed by atoms with van der Waals surface area (Å²) in [5, 5.41) is 11.9. The molecule has 0 saturated carbocycles. The van der Waals surface area contributed by atoms with Gasteiger partial charge < -0.3 is 5.32 Å². The van der Waals surface area contributed by atoms with Crippen LogP contribution >= 0.6 is 11.6 Å². The van der Waals surface area contributed by atoms with Crippen molar-refractivity contribution in [2.75, 3.05) is 5.32 Å². The van der Waals surface area contributed by atoms with Gasteiger partial charge in [0.25, 0.3) is 5.91 Å². The van der Waals surface area contributed by atoms with Crippen LogP contribution in [-0.4, -0.2) is 25.5 Å². The van der Waals surface area contributed by atoms with Crippen LogP contribution in [0.5, 0.6) is 0 Å². The Morgan fingerprint density at radius 2 is 1.81 bits per heavy atom. The van der Waals surface area contributed by atoms with E-state index in [1.54, 1.807) is 35.1 Å². The van der Waals surface area contributed by atoms with Gasteiger partial charge in [-0.25, -0.2) is 4.39 Å². The Labute approximate surface area is 184 Å². The van der Waals surface area contributed by atoms with E-state index in [0.29, 0.717) is 29.5 Å². The molecule has 4 rings (SSSR count). The molecule has 1 N–H and O–H groups in total. The molecule has 2 aromatic carbocycles. The Bertz CT molecular complexity index is 1230. The molecule has 6 nitrogen and oxygen atoms in total. The molecule has 0 atom stereocenters. The number of amides is 1. The molecule has 0 radical (unpaired) electrons. The fraction of sp³-hybridized carbons (Fsp3) is 0.174.